The summed E-state index contributed by atoms with van der Waals surface area (Å²) >= 11 is 3.51. The second kappa shape index (κ2) is 7.03. The van der Waals surface area contributed by atoms with Gasteiger partial charge in [0.15, 0.2) is 0 Å². The van der Waals surface area contributed by atoms with E-state index in [1.165, 1.54) is 11.1 Å². The summed E-state index contributed by atoms with van der Waals surface area (Å²) in [6.07, 6.45) is 3.30. The fourth-order valence-electron chi connectivity index (χ4n) is 2.41. The van der Waals surface area contributed by atoms with E-state index in [-0.39, 0.29) is 6.61 Å². The Morgan fingerprint density at radius 1 is 1.47 bits per heavy atom. The lowest BCUT2D eigenvalue weighted by Gasteiger charge is -2.25. The van der Waals surface area contributed by atoms with Gasteiger partial charge < -0.3 is 15.8 Å². The Morgan fingerprint density at radius 3 is 3.11 bits per heavy atom. The smallest absolute Gasteiger partial charge is 0.243 e. The average Bonchev–Trinajstić information content (AvgIpc) is 2.38. The average molecular weight is 327 g/mol. The van der Waals surface area contributed by atoms with Crippen molar-refractivity contribution >= 4 is 21.8 Å². The van der Waals surface area contributed by atoms with Gasteiger partial charge in [-0.1, -0.05) is 22.0 Å². The highest BCUT2D eigenvalue weighted by molar-refractivity contribution is 9.10. The molecule has 0 spiro atoms. The van der Waals surface area contributed by atoms with Crippen LogP contribution >= 0.6 is 15.9 Å². The first-order valence-electron chi connectivity index (χ1n) is 6.52. The van der Waals surface area contributed by atoms with Gasteiger partial charge in [-0.05, 0) is 42.5 Å². The highest BCUT2D eigenvalue weighted by Crippen LogP contribution is 2.24. The lowest BCUT2D eigenvalue weighted by Crippen LogP contribution is -2.37. The zero-order valence-corrected chi connectivity index (χ0v) is 12.4. The van der Waals surface area contributed by atoms with Gasteiger partial charge in [-0.3, -0.25) is 4.79 Å². The maximum Gasteiger partial charge on any atom is 0.243 e. The standard InChI is InChI=1S/C14H19BrN2O2/c15-12-3-1-11-8-13(4-2-10(11)7-12)17-5-6-19-9-14(16)18/h1,3,7,13,17H,2,4-6,8-9H2,(H2,16,18). The molecule has 2 rings (SSSR count). The van der Waals surface area contributed by atoms with Crippen LogP contribution in [-0.2, 0) is 22.4 Å². The summed E-state index contributed by atoms with van der Waals surface area (Å²) in [7, 11) is 0. The molecular formula is C14H19BrN2O2. The van der Waals surface area contributed by atoms with E-state index in [0.29, 0.717) is 12.6 Å². The number of nitrogens with one attached hydrogen (secondary N) is 1. The van der Waals surface area contributed by atoms with E-state index in [9.17, 15) is 4.79 Å². The molecule has 5 heteroatoms. The van der Waals surface area contributed by atoms with Crippen LogP contribution < -0.4 is 11.1 Å². The zero-order valence-electron chi connectivity index (χ0n) is 10.8. The maximum atomic E-state index is 10.5. The number of benzene rings is 1. The molecule has 3 N–H and O–H groups in total. The first kappa shape index (κ1) is 14.5. The Balaban J connectivity index is 1.73. The van der Waals surface area contributed by atoms with Gasteiger partial charge >= 0.3 is 0 Å². The number of carbonyl (C=O) groups excluding carboxylic acids is 1. The maximum absolute atomic E-state index is 10.5. The summed E-state index contributed by atoms with van der Waals surface area (Å²) in [5.74, 6) is -0.419. The van der Waals surface area contributed by atoms with Crippen molar-refractivity contribution in [2.24, 2.45) is 5.73 Å². The molecule has 0 aromatic heterocycles. The molecule has 1 aromatic rings. The fourth-order valence-corrected chi connectivity index (χ4v) is 2.81. The molecular weight excluding hydrogens is 308 g/mol. The minimum atomic E-state index is -0.419. The second-order valence-electron chi connectivity index (χ2n) is 4.83. The number of aryl methyl sites for hydroxylation is 1. The summed E-state index contributed by atoms with van der Waals surface area (Å²) in [5.41, 5.74) is 7.86. The molecule has 1 aliphatic carbocycles. The van der Waals surface area contributed by atoms with E-state index < -0.39 is 5.91 Å². The monoisotopic (exact) mass is 326 g/mol. The minimum Gasteiger partial charge on any atom is -0.370 e. The summed E-state index contributed by atoms with van der Waals surface area (Å²) in [6, 6.07) is 6.99. The Bertz CT molecular complexity index is 451. The van der Waals surface area contributed by atoms with Crippen molar-refractivity contribution in [3.05, 3.63) is 33.8 Å². The summed E-state index contributed by atoms with van der Waals surface area (Å²) in [6.45, 7) is 1.28. The molecule has 104 valence electrons. The van der Waals surface area contributed by atoms with E-state index in [0.717, 1.165) is 30.3 Å². The number of carbonyl (C=O) groups is 1. The summed E-state index contributed by atoms with van der Waals surface area (Å²) in [5, 5.41) is 3.46. The molecule has 0 heterocycles. The van der Waals surface area contributed by atoms with Crippen molar-refractivity contribution in [3.63, 3.8) is 0 Å². The Morgan fingerprint density at radius 2 is 2.32 bits per heavy atom. The molecule has 1 aromatic carbocycles. The van der Waals surface area contributed by atoms with Crippen LogP contribution in [0.4, 0.5) is 0 Å². The molecule has 1 unspecified atom stereocenters. The number of hydrogen-bond donors (Lipinski definition) is 2. The Labute approximate surface area is 121 Å². The molecule has 0 aliphatic heterocycles. The normalized spacial score (nSPS) is 18.1. The van der Waals surface area contributed by atoms with E-state index in [1.54, 1.807) is 0 Å². The second-order valence-corrected chi connectivity index (χ2v) is 5.74. The molecule has 0 radical (unpaired) electrons. The van der Waals surface area contributed by atoms with Gasteiger partial charge in [0.25, 0.3) is 0 Å². The number of amides is 1. The van der Waals surface area contributed by atoms with E-state index in [4.69, 9.17) is 10.5 Å². The van der Waals surface area contributed by atoms with Crippen LogP contribution in [0.2, 0.25) is 0 Å². The third-order valence-electron chi connectivity index (χ3n) is 3.32. The van der Waals surface area contributed by atoms with Crippen LogP contribution in [0.3, 0.4) is 0 Å². The molecule has 19 heavy (non-hydrogen) atoms. The van der Waals surface area contributed by atoms with Gasteiger partial charge in [0.1, 0.15) is 6.61 Å². The topological polar surface area (TPSA) is 64.4 Å². The highest BCUT2D eigenvalue weighted by atomic mass is 79.9. The zero-order chi connectivity index (χ0) is 13.7. The van der Waals surface area contributed by atoms with Crippen molar-refractivity contribution < 1.29 is 9.53 Å². The molecule has 1 aliphatic rings. The van der Waals surface area contributed by atoms with Crippen molar-refractivity contribution in [2.75, 3.05) is 19.8 Å². The van der Waals surface area contributed by atoms with Crippen LogP contribution in [-0.4, -0.2) is 31.7 Å². The molecule has 0 saturated carbocycles. The van der Waals surface area contributed by atoms with E-state index >= 15 is 0 Å². The molecule has 0 saturated heterocycles. The van der Waals surface area contributed by atoms with Gasteiger partial charge in [0.05, 0.1) is 6.61 Å². The number of hydrogen-bond acceptors (Lipinski definition) is 3. The predicted molar refractivity (Wildman–Crippen MR) is 78.0 cm³/mol. The number of nitrogens with two attached hydrogens (primary N) is 1. The number of ether oxygens (including phenoxy) is 1. The van der Waals surface area contributed by atoms with Crippen molar-refractivity contribution in [2.45, 2.75) is 25.3 Å². The van der Waals surface area contributed by atoms with Crippen molar-refractivity contribution in [1.29, 1.82) is 0 Å². The van der Waals surface area contributed by atoms with Crippen LogP contribution in [0, 0.1) is 0 Å². The van der Waals surface area contributed by atoms with Gasteiger partial charge in [0, 0.05) is 17.1 Å². The van der Waals surface area contributed by atoms with Crippen LogP contribution in [0.1, 0.15) is 17.5 Å². The third kappa shape index (κ3) is 4.60. The molecule has 4 nitrogen and oxygen atoms in total. The van der Waals surface area contributed by atoms with Crippen LogP contribution in [0.15, 0.2) is 22.7 Å². The molecule has 1 amide bonds. The SMILES string of the molecule is NC(=O)COCCNC1CCc2cc(Br)ccc2C1. The van der Waals surface area contributed by atoms with E-state index in [1.807, 2.05) is 0 Å². The largest absolute Gasteiger partial charge is 0.370 e. The van der Waals surface area contributed by atoms with Crippen LogP contribution in [0.25, 0.3) is 0 Å². The number of halogens is 1. The van der Waals surface area contributed by atoms with Crippen molar-refractivity contribution in [1.82, 2.24) is 5.32 Å². The minimum absolute atomic E-state index is 0.00318. The van der Waals surface area contributed by atoms with Gasteiger partial charge in [0.2, 0.25) is 5.91 Å². The lowest BCUT2D eigenvalue weighted by atomic mass is 9.88. The highest BCUT2D eigenvalue weighted by Gasteiger charge is 2.17. The quantitative estimate of drug-likeness (QED) is 0.777. The van der Waals surface area contributed by atoms with Crippen molar-refractivity contribution in [3.8, 4) is 0 Å². The third-order valence-corrected chi connectivity index (χ3v) is 3.81. The first-order chi connectivity index (χ1) is 9.15. The van der Waals surface area contributed by atoms with Gasteiger partial charge in [-0.25, -0.2) is 0 Å². The number of rotatable bonds is 6. The first-order valence-corrected chi connectivity index (χ1v) is 7.31. The Kier molecular flexibility index (Phi) is 5.36. The van der Waals surface area contributed by atoms with Gasteiger partial charge in [-0.15, -0.1) is 0 Å². The summed E-state index contributed by atoms with van der Waals surface area (Å²) in [4.78, 5) is 10.5. The number of fused-ring (bicyclic) bond motifs is 1. The molecule has 0 fully saturated rings. The predicted octanol–water partition coefficient (Wildman–Crippen LogP) is 1.40. The van der Waals surface area contributed by atoms with Crippen LogP contribution in [0.5, 0.6) is 0 Å². The number of primary amides is 1. The molecule has 1 atom stereocenters. The van der Waals surface area contributed by atoms with Gasteiger partial charge in [-0.2, -0.15) is 0 Å². The lowest BCUT2D eigenvalue weighted by molar-refractivity contribution is -0.122. The molecule has 0 bridgehead atoms. The van der Waals surface area contributed by atoms with E-state index in [2.05, 4.69) is 39.4 Å². The summed E-state index contributed by atoms with van der Waals surface area (Å²) < 4.78 is 6.28. The Hall–Kier alpha value is -0.910. The fraction of sp³-hybridized carbons (Fsp3) is 0.500.